The van der Waals surface area contributed by atoms with Crippen LogP contribution in [0.4, 0.5) is 0 Å². The van der Waals surface area contributed by atoms with Gasteiger partial charge in [-0.15, -0.1) is 0 Å². The average molecular weight is 432 g/mol. The zero-order valence-electron chi connectivity index (χ0n) is 19.0. The number of carbonyl (C=O) groups excluding carboxylic acids is 1. The van der Waals surface area contributed by atoms with Crippen molar-refractivity contribution in [3.63, 3.8) is 0 Å². The highest BCUT2D eigenvalue weighted by molar-refractivity contribution is 6.01. The Morgan fingerprint density at radius 3 is 2.30 bits per heavy atom. The van der Waals surface area contributed by atoms with Crippen LogP contribution in [0.2, 0.25) is 0 Å². The molecule has 163 valence electrons. The maximum atomic E-state index is 12.5. The van der Waals surface area contributed by atoms with Gasteiger partial charge < -0.3 is 0 Å². The highest BCUT2D eigenvalue weighted by Gasteiger charge is 2.27. The fourth-order valence-electron chi connectivity index (χ4n) is 5.18. The molecule has 3 aliphatic rings. The number of hydrogen-bond donors (Lipinski definition) is 0. The van der Waals surface area contributed by atoms with Crippen LogP contribution in [0.1, 0.15) is 42.0 Å². The number of likely N-dealkylation sites (tertiary alicyclic amines) is 1. The van der Waals surface area contributed by atoms with E-state index in [2.05, 4.69) is 72.5 Å². The second kappa shape index (κ2) is 7.86. The van der Waals surface area contributed by atoms with Crippen LogP contribution in [-0.4, -0.2) is 28.8 Å². The molecule has 0 unspecified atom stereocenters. The third-order valence-corrected chi connectivity index (χ3v) is 7.09. The number of hydrogen-bond acceptors (Lipinski definition) is 2. The van der Waals surface area contributed by atoms with Crippen LogP contribution in [0.3, 0.4) is 0 Å². The van der Waals surface area contributed by atoms with Crippen molar-refractivity contribution in [2.45, 2.75) is 26.3 Å². The molecule has 33 heavy (non-hydrogen) atoms. The number of nitrogens with zero attached hydrogens (tertiary/aromatic N) is 2. The van der Waals surface area contributed by atoms with Gasteiger partial charge in [0, 0.05) is 56.0 Å². The first kappa shape index (κ1) is 20.2. The summed E-state index contributed by atoms with van der Waals surface area (Å²) in [5.74, 6) is -0.0256. The van der Waals surface area contributed by atoms with Crippen molar-refractivity contribution in [1.29, 1.82) is 0 Å². The molecule has 0 spiro atoms. The van der Waals surface area contributed by atoms with Crippen molar-refractivity contribution in [2.75, 3.05) is 13.1 Å². The molecule has 1 aliphatic carbocycles. The molecule has 2 heterocycles. The molecular weight excluding hydrogens is 404 g/mol. The molecule has 3 nitrogen and oxygen atoms in total. The zero-order valence-corrected chi connectivity index (χ0v) is 19.0. The predicted octanol–water partition coefficient (Wildman–Crippen LogP) is 6.17. The molecule has 3 heteroatoms. The molecule has 0 saturated carbocycles. The number of fused-ring (bicyclic) bond motifs is 2. The summed E-state index contributed by atoms with van der Waals surface area (Å²) in [7, 11) is 0. The van der Waals surface area contributed by atoms with Crippen molar-refractivity contribution in [2.24, 2.45) is 0 Å². The second-order valence-electron chi connectivity index (χ2n) is 9.29. The lowest BCUT2D eigenvalue weighted by Gasteiger charge is -2.29. The zero-order chi connectivity index (χ0) is 22.5. The van der Waals surface area contributed by atoms with Crippen molar-refractivity contribution < 1.29 is 4.79 Å². The smallest absolute Gasteiger partial charge is 0.227 e. The van der Waals surface area contributed by atoms with Gasteiger partial charge in [-0.3, -0.25) is 14.6 Å². The third kappa shape index (κ3) is 3.73. The van der Waals surface area contributed by atoms with Gasteiger partial charge >= 0.3 is 0 Å². The maximum absolute atomic E-state index is 12.5. The fourth-order valence-corrected chi connectivity index (χ4v) is 5.18. The molecule has 2 aliphatic heterocycles. The van der Waals surface area contributed by atoms with Gasteiger partial charge in [0.2, 0.25) is 5.91 Å². The summed E-state index contributed by atoms with van der Waals surface area (Å²) >= 11 is 0. The van der Waals surface area contributed by atoms with Crippen LogP contribution in [0, 0.1) is 6.42 Å². The minimum atomic E-state index is -0.0256. The molecule has 3 aromatic carbocycles. The first-order valence-electron chi connectivity index (χ1n) is 11.7. The van der Waals surface area contributed by atoms with E-state index in [1.807, 2.05) is 12.3 Å². The summed E-state index contributed by atoms with van der Waals surface area (Å²) in [6.45, 7) is 9.04. The third-order valence-electron chi connectivity index (χ3n) is 7.09. The van der Waals surface area contributed by atoms with Gasteiger partial charge in [-0.05, 0) is 58.5 Å². The molecule has 6 rings (SSSR count). The highest BCUT2D eigenvalue weighted by atomic mass is 16.2. The number of carbonyl (C=O) groups is 1. The van der Waals surface area contributed by atoms with Crippen LogP contribution >= 0.6 is 0 Å². The van der Waals surface area contributed by atoms with Gasteiger partial charge in [-0.1, -0.05) is 60.2 Å². The molecule has 0 aromatic heterocycles. The number of amides is 1. The topological polar surface area (TPSA) is 23.6 Å². The average Bonchev–Trinajstić information content (AvgIpc) is 3.60. The van der Waals surface area contributed by atoms with Crippen molar-refractivity contribution in [1.82, 2.24) is 9.80 Å². The molecular formula is C30H27N2O. The van der Waals surface area contributed by atoms with E-state index >= 15 is 0 Å². The Kier molecular flexibility index (Phi) is 4.81. The van der Waals surface area contributed by atoms with E-state index in [0.29, 0.717) is 0 Å². The lowest BCUT2D eigenvalue weighted by molar-refractivity contribution is -0.123. The predicted molar refractivity (Wildman–Crippen MR) is 135 cm³/mol. The summed E-state index contributed by atoms with van der Waals surface area (Å²) < 4.78 is 0. The van der Waals surface area contributed by atoms with E-state index in [4.69, 9.17) is 0 Å². The Balaban J connectivity index is 1.38. The quantitative estimate of drug-likeness (QED) is 0.495. The molecule has 0 fully saturated rings. The van der Waals surface area contributed by atoms with E-state index in [0.717, 1.165) is 53.0 Å². The van der Waals surface area contributed by atoms with Crippen molar-refractivity contribution in [3.05, 3.63) is 113 Å². The van der Waals surface area contributed by atoms with Gasteiger partial charge in [0.1, 0.15) is 0 Å². The Morgan fingerprint density at radius 2 is 1.61 bits per heavy atom. The maximum Gasteiger partial charge on any atom is 0.227 e. The van der Waals surface area contributed by atoms with Crippen LogP contribution in [0.25, 0.3) is 22.0 Å². The first-order valence-corrected chi connectivity index (χ1v) is 11.7. The summed E-state index contributed by atoms with van der Waals surface area (Å²) in [6.07, 6.45) is 6.67. The Hall–Kier alpha value is -3.43. The molecule has 0 N–H and O–H groups in total. The lowest BCUT2D eigenvalue weighted by atomic mass is 9.87. The summed E-state index contributed by atoms with van der Waals surface area (Å²) in [4.78, 5) is 16.7. The summed E-state index contributed by atoms with van der Waals surface area (Å²) in [5.41, 5.74) is 9.55. The Bertz CT molecular complexity index is 1360. The Morgan fingerprint density at radius 1 is 0.909 bits per heavy atom. The number of benzene rings is 3. The van der Waals surface area contributed by atoms with Gasteiger partial charge in [0.05, 0.1) is 0 Å². The monoisotopic (exact) mass is 431 g/mol. The summed E-state index contributed by atoms with van der Waals surface area (Å²) in [6, 6.07) is 21.6. The van der Waals surface area contributed by atoms with Crippen LogP contribution < -0.4 is 0 Å². The minimum Gasteiger partial charge on any atom is -0.298 e. The first-order chi connectivity index (χ1) is 16.1. The molecule has 3 aromatic rings. The van der Waals surface area contributed by atoms with Gasteiger partial charge in [0.15, 0.2) is 0 Å². The second-order valence-corrected chi connectivity index (χ2v) is 9.29. The summed E-state index contributed by atoms with van der Waals surface area (Å²) in [5, 5.41) is 2.35. The molecule has 1 radical (unpaired) electrons. The van der Waals surface area contributed by atoms with Crippen molar-refractivity contribution in [3.8, 4) is 0 Å². The van der Waals surface area contributed by atoms with Gasteiger partial charge in [-0.25, -0.2) is 0 Å². The van der Waals surface area contributed by atoms with Crippen LogP contribution in [0.15, 0.2) is 84.6 Å². The highest BCUT2D eigenvalue weighted by Crippen LogP contribution is 2.40. The van der Waals surface area contributed by atoms with Gasteiger partial charge in [-0.2, -0.15) is 0 Å². The van der Waals surface area contributed by atoms with Crippen molar-refractivity contribution >= 4 is 27.9 Å². The van der Waals surface area contributed by atoms with E-state index < -0.39 is 0 Å². The SMILES string of the molecule is C=C1c2cc3ccccc3cc2C(c2cccc(CN3CCC4=C([CH]4)CC3)c2)=CN1C(C)=O. The van der Waals surface area contributed by atoms with Crippen LogP contribution in [0.5, 0.6) is 0 Å². The van der Waals surface area contributed by atoms with E-state index in [-0.39, 0.29) is 5.91 Å². The minimum absolute atomic E-state index is 0.0256. The van der Waals surface area contributed by atoms with E-state index in [9.17, 15) is 4.79 Å². The van der Waals surface area contributed by atoms with E-state index in [1.165, 1.54) is 23.8 Å². The standard InChI is InChI=1S/C30H27N2O/c1-20-28-16-23-7-3-4-8-24(23)17-29(28)30(19-32(20)21(2)33)27-9-5-6-22(14-27)18-31-12-10-25-15-26(25)11-13-31/h3-9,14-17,19H,1,10-13,18H2,2H3. The van der Waals surface area contributed by atoms with Gasteiger partial charge in [0.25, 0.3) is 0 Å². The normalized spacial score (nSPS) is 18.0. The molecule has 0 atom stereocenters. The molecule has 0 saturated heterocycles. The Labute approximate surface area is 195 Å². The fraction of sp³-hybridized carbons (Fsp3) is 0.200. The lowest BCUT2D eigenvalue weighted by Crippen LogP contribution is -2.25. The number of rotatable bonds is 3. The molecule has 1 amide bonds. The largest absolute Gasteiger partial charge is 0.298 e. The van der Waals surface area contributed by atoms with E-state index in [1.54, 1.807) is 23.0 Å². The molecule has 0 bridgehead atoms. The van der Waals surface area contributed by atoms with Crippen LogP contribution in [-0.2, 0) is 11.3 Å².